The van der Waals surface area contributed by atoms with Gasteiger partial charge in [0.2, 0.25) is 5.95 Å². The summed E-state index contributed by atoms with van der Waals surface area (Å²) in [4.78, 5) is 18.6. The lowest BCUT2D eigenvalue weighted by molar-refractivity contribution is 0.312. The summed E-state index contributed by atoms with van der Waals surface area (Å²) in [6, 6.07) is 16.4. The van der Waals surface area contributed by atoms with E-state index in [1.807, 2.05) is 30.5 Å². The maximum atomic E-state index is 5.72. The first-order valence-corrected chi connectivity index (χ1v) is 12.5. The van der Waals surface area contributed by atoms with Crippen LogP contribution in [0.4, 0.5) is 28.8 Å². The summed E-state index contributed by atoms with van der Waals surface area (Å²) in [6.45, 7) is 4.13. The van der Waals surface area contributed by atoms with Crippen molar-refractivity contribution >= 4 is 51.6 Å². The van der Waals surface area contributed by atoms with E-state index in [-0.39, 0.29) is 0 Å². The Morgan fingerprint density at radius 1 is 0.971 bits per heavy atom. The van der Waals surface area contributed by atoms with Crippen LogP contribution < -0.4 is 20.3 Å². The van der Waals surface area contributed by atoms with Crippen LogP contribution in [0.1, 0.15) is 0 Å². The summed E-state index contributed by atoms with van der Waals surface area (Å²) < 4.78 is 5.72. The number of rotatable bonds is 7. The molecule has 3 heterocycles. The minimum atomic E-state index is 0.502. The lowest BCUT2D eigenvalue weighted by Crippen LogP contribution is -2.44. The van der Waals surface area contributed by atoms with E-state index in [4.69, 9.17) is 14.7 Å². The second-order valence-corrected chi connectivity index (χ2v) is 9.11. The van der Waals surface area contributed by atoms with Gasteiger partial charge in [-0.1, -0.05) is 12.1 Å². The van der Waals surface area contributed by atoms with Crippen molar-refractivity contribution in [2.24, 2.45) is 0 Å². The number of methoxy groups -OCH3 is 1. The molecule has 1 fully saturated rings. The van der Waals surface area contributed by atoms with Gasteiger partial charge >= 0.3 is 0 Å². The van der Waals surface area contributed by atoms with Crippen LogP contribution in [-0.2, 0) is 0 Å². The number of para-hydroxylation sites is 1. The monoisotopic (exact) mass is 475 g/mol. The van der Waals surface area contributed by atoms with E-state index in [1.165, 1.54) is 0 Å². The number of fused-ring (bicyclic) bond motifs is 1. The zero-order chi connectivity index (χ0) is 23.5. The molecule has 0 spiro atoms. The van der Waals surface area contributed by atoms with Gasteiger partial charge in [0, 0.05) is 49.0 Å². The van der Waals surface area contributed by atoms with Crippen molar-refractivity contribution < 1.29 is 4.74 Å². The van der Waals surface area contributed by atoms with Gasteiger partial charge in [-0.2, -0.15) is 4.98 Å². The molecule has 34 heavy (non-hydrogen) atoms. The molecule has 3 N–H and O–H groups in total. The second-order valence-electron chi connectivity index (χ2n) is 8.26. The topological polar surface area (TPSA) is 81.3 Å². The molecule has 0 bridgehead atoms. The van der Waals surface area contributed by atoms with Crippen LogP contribution in [0.25, 0.3) is 11.0 Å². The number of likely N-dealkylation sites (N-methyl/N-ethyl adjacent to an activating group) is 1. The van der Waals surface area contributed by atoms with Crippen LogP contribution >= 0.6 is 11.8 Å². The van der Waals surface area contributed by atoms with E-state index in [2.05, 4.69) is 63.0 Å². The molecule has 2 aromatic carbocycles. The van der Waals surface area contributed by atoms with Crippen molar-refractivity contribution in [1.29, 1.82) is 0 Å². The molecule has 0 saturated carbocycles. The summed E-state index contributed by atoms with van der Waals surface area (Å²) in [5.74, 6) is 1.98. The molecule has 9 heteroatoms. The molecular formula is C25H29N7OS. The maximum absolute atomic E-state index is 5.72. The quantitative estimate of drug-likeness (QED) is 0.325. The number of nitrogens with one attached hydrogen (secondary N) is 3. The Hall–Kier alpha value is -3.43. The van der Waals surface area contributed by atoms with Gasteiger partial charge in [-0.05, 0) is 43.6 Å². The van der Waals surface area contributed by atoms with Gasteiger partial charge in [-0.25, -0.2) is 4.98 Å². The summed E-state index contributed by atoms with van der Waals surface area (Å²) in [5.41, 5.74) is 4.68. The first-order valence-electron chi connectivity index (χ1n) is 11.3. The van der Waals surface area contributed by atoms with E-state index in [1.54, 1.807) is 18.9 Å². The summed E-state index contributed by atoms with van der Waals surface area (Å²) in [6.07, 6.45) is 3.94. The molecule has 0 amide bonds. The van der Waals surface area contributed by atoms with E-state index in [9.17, 15) is 0 Å². The van der Waals surface area contributed by atoms with Crippen molar-refractivity contribution in [3.63, 3.8) is 0 Å². The van der Waals surface area contributed by atoms with E-state index >= 15 is 0 Å². The van der Waals surface area contributed by atoms with Crippen LogP contribution in [0.15, 0.2) is 59.6 Å². The van der Waals surface area contributed by atoms with Crippen molar-refractivity contribution in [2.45, 2.75) is 4.90 Å². The van der Waals surface area contributed by atoms with Crippen molar-refractivity contribution in [3.05, 3.63) is 54.7 Å². The Kier molecular flexibility index (Phi) is 6.46. The van der Waals surface area contributed by atoms with E-state index in [0.29, 0.717) is 11.8 Å². The number of piperazine rings is 1. The molecule has 1 saturated heterocycles. The number of nitrogens with zero attached hydrogens (tertiary/aromatic N) is 4. The molecule has 0 radical (unpaired) electrons. The number of anilines is 5. The van der Waals surface area contributed by atoms with Gasteiger partial charge < -0.3 is 30.2 Å². The normalized spacial score (nSPS) is 14.4. The Morgan fingerprint density at radius 2 is 1.79 bits per heavy atom. The smallest absolute Gasteiger partial charge is 0.229 e. The number of hydrogen-bond donors (Lipinski definition) is 3. The molecule has 1 aliphatic heterocycles. The minimum absolute atomic E-state index is 0.502. The molecule has 176 valence electrons. The summed E-state index contributed by atoms with van der Waals surface area (Å²) in [7, 11) is 3.85. The second kappa shape index (κ2) is 9.82. The molecule has 5 rings (SSSR count). The molecule has 2 aromatic heterocycles. The van der Waals surface area contributed by atoms with Gasteiger partial charge in [0.05, 0.1) is 24.0 Å². The highest BCUT2D eigenvalue weighted by Crippen LogP contribution is 2.34. The van der Waals surface area contributed by atoms with Gasteiger partial charge in [0.25, 0.3) is 0 Å². The SMILES string of the molecule is COc1cc(N2CCN(C)CC2)ccc1Nc1nc(Nc2ccccc2SC)c2[nH]ccc2n1. The fourth-order valence-corrected chi connectivity index (χ4v) is 4.69. The fourth-order valence-electron chi connectivity index (χ4n) is 4.13. The maximum Gasteiger partial charge on any atom is 0.229 e. The Labute approximate surface area is 203 Å². The van der Waals surface area contributed by atoms with Gasteiger partial charge in [-0.3, -0.25) is 0 Å². The van der Waals surface area contributed by atoms with Crippen LogP contribution in [-0.4, -0.2) is 66.4 Å². The highest BCUT2D eigenvalue weighted by Gasteiger charge is 2.17. The Bertz CT molecular complexity index is 1280. The van der Waals surface area contributed by atoms with Crippen LogP contribution in [0.2, 0.25) is 0 Å². The van der Waals surface area contributed by atoms with Gasteiger partial charge in [-0.15, -0.1) is 11.8 Å². The lowest BCUT2D eigenvalue weighted by atomic mass is 10.2. The number of ether oxygens (including phenoxy) is 1. The van der Waals surface area contributed by atoms with Gasteiger partial charge in [0.1, 0.15) is 11.3 Å². The number of thioether (sulfide) groups is 1. The predicted molar refractivity (Wildman–Crippen MR) is 141 cm³/mol. The van der Waals surface area contributed by atoms with Crippen molar-refractivity contribution in [1.82, 2.24) is 19.9 Å². The number of H-pyrrole nitrogens is 1. The third-order valence-corrected chi connectivity index (χ3v) is 6.86. The zero-order valence-electron chi connectivity index (χ0n) is 19.6. The largest absolute Gasteiger partial charge is 0.494 e. The molecule has 0 atom stereocenters. The molecular weight excluding hydrogens is 446 g/mol. The molecule has 0 aliphatic carbocycles. The van der Waals surface area contributed by atoms with E-state index < -0.39 is 0 Å². The number of aromatic amines is 1. The predicted octanol–water partition coefficient (Wildman–Crippen LogP) is 4.93. The lowest BCUT2D eigenvalue weighted by Gasteiger charge is -2.34. The highest BCUT2D eigenvalue weighted by molar-refractivity contribution is 7.98. The molecule has 1 aliphatic rings. The van der Waals surface area contributed by atoms with Gasteiger partial charge in [0.15, 0.2) is 5.82 Å². The average molecular weight is 476 g/mol. The Balaban J connectivity index is 1.44. The van der Waals surface area contributed by atoms with E-state index in [0.717, 1.165) is 64.9 Å². The van der Waals surface area contributed by atoms with Crippen LogP contribution in [0.3, 0.4) is 0 Å². The zero-order valence-corrected chi connectivity index (χ0v) is 20.4. The third-order valence-electron chi connectivity index (χ3n) is 6.07. The standard InChI is InChI=1S/C25H29N7OS/c1-31-12-14-32(15-13-31)17-8-9-18(21(16-17)33-2)28-25-29-20-10-11-26-23(20)24(30-25)27-19-6-4-5-7-22(19)34-3/h4-11,16,26H,12-15H2,1-3H3,(H2,27,28,29,30). The van der Waals surface area contributed by atoms with Crippen molar-refractivity contribution in [3.8, 4) is 5.75 Å². The number of hydrogen-bond acceptors (Lipinski definition) is 8. The first-order chi connectivity index (χ1) is 16.6. The Morgan fingerprint density at radius 3 is 2.59 bits per heavy atom. The number of benzene rings is 2. The third kappa shape index (κ3) is 4.62. The minimum Gasteiger partial charge on any atom is -0.494 e. The van der Waals surface area contributed by atoms with Crippen LogP contribution in [0.5, 0.6) is 5.75 Å². The van der Waals surface area contributed by atoms with Crippen molar-refractivity contribution in [2.75, 3.05) is 62.1 Å². The molecule has 8 nitrogen and oxygen atoms in total. The summed E-state index contributed by atoms with van der Waals surface area (Å²) >= 11 is 1.69. The highest BCUT2D eigenvalue weighted by atomic mass is 32.2. The molecule has 4 aromatic rings. The fraction of sp³-hybridized carbons (Fsp3) is 0.280. The summed E-state index contributed by atoms with van der Waals surface area (Å²) in [5, 5.41) is 6.84. The first kappa shape index (κ1) is 22.4. The molecule has 0 unspecified atom stereocenters. The van der Waals surface area contributed by atoms with Crippen LogP contribution in [0, 0.1) is 0 Å². The average Bonchev–Trinajstić information content (AvgIpc) is 3.34. The number of aromatic nitrogens is 3.